The fourth-order valence-corrected chi connectivity index (χ4v) is 4.19. The molecule has 3 aromatic rings. The van der Waals surface area contributed by atoms with Crippen LogP contribution in [0.15, 0.2) is 59.1 Å². The van der Waals surface area contributed by atoms with Crippen molar-refractivity contribution in [3.05, 3.63) is 65.9 Å². The second-order valence-corrected chi connectivity index (χ2v) is 8.13. The van der Waals surface area contributed by atoms with Gasteiger partial charge in [-0.3, -0.25) is 9.69 Å². The molecule has 1 aromatic heterocycles. The number of nitrogens with one attached hydrogen (secondary N) is 1. The van der Waals surface area contributed by atoms with Crippen molar-refractivity contribution in [2.45, 2.75) is 32.2 Å². The van der Waals surface area contributed by atoms with Gasteiger partial charge in [-0.05, 0) is 74.8 Å². The molecule has 1 amide bonds. The van der Waals surface area contributed by atoms with Crippen molar-refractivity contribution >= 4 is 5.91 Å². The molecule has 2 heterocycles. The highest BCUT2D eigenvalue weighted by Gasteiger charge is 2.24. The average molecular weight is 450 g/mol. The number of piperidine rings is 1. The molecule has 1 atom stereocenters. The predicted molar refractivity (Wildman–Crippen MR) is 127 cm³/mol. The van der Waals surface area contributed by atoms with E-state index in [1.165, 1.54) is 24.8 Å². The number of benzene rings is 2. The van der Waals surface area contributed by atoms with Crippen LogP contribution in [0.5, 0.6) is 11.5 Å². The van der Waals surface area contributed by atoms with Gasteiger partial charge in [0.05, 0.1) is 19.8 Å². The van der Waals surface area contributed by atoms with Crippen LogP contribution in [-0.2, 0) is 0 Å². The molecule has 1 N–H and O–H groups in total. The summed E-state index contributed by atoms with van der Waals surface area (Å²) in [6, 6.07) is 17.4. The van der Waals surface area contributed by atoms with E-state index in [0.29, 0.717) is 18.9 Å². The molecule has 0 radical (unpaired) electrons. The Morgan fingerprint density at radius 2 is 1.76 bits per heavy atom. The van der Waals surface area contributed by atoms with Crippen LogP contribution < -0.4 is 14.8 Å². The summed E-state index contributed by atoms with van der Waals surface area (Å²) in [5.41, 5.74) is 2.27. The normalized spacial score (nSPS) is 15.1. The zero-order valence-corrected chi connectivity index (χ0v) is 19.3. The maximum Gasteiger partial charge on any atom is 0.273 e. The van der Waals surface area contributed by atoms with E-state index >= 15 is 0 Å². The molecule has 174 valence electrons. The average Bonchev–Trinajstić information content (AvgIpc) is 3.36. The molecule has 7 nitrogen and oxygen atoms in total. The van der Waals surface area contributed by atoms with Crippen LogP contribution in [0.4, 0.5) is 0 Å². The summed E-state index contributed by atoms with van der Waals surface area (Å²) in [6.45, 7) is 5.17. The molecule has 1 fully saturated rings. The first kappa shape index (κ1) is 22.9. The predicted octanol–water partition coefficient (Wildman–Crippen LogP) is 4.71. The summed E-state index contributed by atoms with van der Waals surface area (Å²) >= 11 is 0. The number of hydrogen-bond donors (Lipinski definition) is 1. The fourth-order valence-electron chi connectivity index (χ4n) is 4.19. The molecule has 0 unspecified atom stereocenters. The lowest BCUT2D eigenvalue weighted by molar-refractivity contribution is 0.0915. The maximum atomic E-state index is 12.9. The van der Waals surface area contributed by atoms with E-state index in [4.69, 9.17) is 14.0 Å². The van der Waals surface area contributed by atoms with Crippen LogP contribution in [0.25, 0.3) is 11.3 Å². The van der Waals surface area contributed by atoms with Crippen molar-refractivity contribution < 1.29 is 18.8 Å². The van der Waals surface area contributed by atoms with Gasteiger partial charge in [-0.1, -0.05) is 23.7 Å². The molecule has 1 saturated heterocycles. The summed E-state index contributed by atoms with van der Waals surface area (Å²) < 4.78 is 16.2. The minimum absolute atomic E-state index is 0.0953. The van der Waals surface area contributed by atoms with E-state index < -0.39 is 0 Å². The minimum atomic E-state index is -0.244. The van der Waals surface area contributed by atoms with Crippen molar-refractivity contribution in [3.8, 4) is 22.8 Å². The summed E-state index contributed by atoms with van der Waals surface area (Å²) in [5, 5.41) is 7.05. The highest BCUT2D eigenvalue weighted by atomic mass is 16.5. The molecular weight excluding hydrogens is 418 g/mol. The van der Waals surface area contributed by atoms with Gasteiger partial charge >= 0.3 is 0 Å². The monoisotopic (exact) mass is 449 g/mol. The summed E-state index contributed by atoms with van der Waals surface area (Å²) in [4.78, 5) is 15.3. The Morgan fingerprint density at radius 1 is 1.06 bits per heavy atom. The zero-order valence-electron chi connectivity index (χ0n) is 19.3. The van der Waals surface area contributed by atoms with Gasteiger partial charge in [0.2, 0.25) is 0 Å². The van der Waals surface area contributed by atoms with E-state index in [9.17, 15) is 4.79 Å². The fraction of sp³-hybridized carbons (Fsp3) is 0.385. The number of nitrogens with zero attached hydrogens (tertiary/aromatic N) is 2. The van der Waals surface area contributed by atoms with Gasteiger partial charge in [0.1, 0.15) is 11.5 Å². The van der Waals surface area contributed by atoms with Crippen molar-refractivity contribution in [3.63, 3.8) is 0 Å². The molecule has 2 aromatic carbocycles. The third kappa shape index (κ3) is 5.73. The molecular formula is C26H31N3O4. The molecule has 0 aliphatic carbocycles. The molecule has 0 bridgehead atoms. The highest BCUT2D eigenvalue weighted by molar-refractivity contribution is 5.93. The van der Waals surface area contributed by atoms with Crippen LogP contribution >= 0.6 is 0 Å². The maximum absolute atomic E-state index is 12.9. The number of ether oxygens (including phenoxy) is 2. The summed E-state index contributed by atoms with van der Waals surface area (Å²) in [7, 11) is 1.62. The van der Waals surface area contributed by atoms with Gasteiger partial charge in [-0.25, -0.2) is 0 Å². The zero-order chi connectivity index (χ0) is 23.0. The lowest BCUT2D eigenvalue weighted by Crippen LogP contribution is -2.40. The Morgan fingerprint density at radius 3 is 2.42 bits per heavy atom. The lowest BCUT2D eigenvalue weighted by Gasteiger charge is -2.35. The third-order valence-corrected chi connectivity index (χ3v) is 5.98. The van der Waals surface area contributed by atoms with Crippen LogP contribution in [0.2, 0.25) is 0 Å². The Kier molecular flexibility index (Phi) is 7.62. The topological polar surface area (TPSA) is 76.8 Å². The molecule has 4 rings (SSSR count). The van der Waals surface area contributed by atoms with Gasteiger partial charge in [0, 0.05) is 18.2 Å². The number of carbonyl (C=O) groups is 1. The van der Waals surface area contributed by atoms with Crippen LogP contribution in [0.1, 0.15) is 48.3 Å². The first-order valence-corrected chi connectivity index (χ1v) is 11.5. The standard InChI is InChI=1S/C26H31N3O4/c1-3-32-22-13-7-19(8-14-22)24(29-15-5-4-6-16-29)18-27-26(30)23-17-25(33-28-23)20-9-11-21(31-2)12-10-20/h7-14,17,24H,3-6,15-16,18H2,1-2H3,(H,27,30)/t24-/m0/s1. The van der Waals surface area contributed by atoms with E-state index in [0.717, 1.165) is 30.2 Å². The molecule has 7 heteroatoms. The molecule has 33 heavy (non-hydrogen) atoms. The van der Waals surface area contributed by atoms with Gasteiger partial charge in [-0.2, -0.15) is 0 Å². The Balaban J connectivity index is 1.44. The smallest absolute Gasteiger partial charge is 0.273 e. The Bertz CT molecular complexity index is 1020. The summed E-state index contributed by atoms with van der Waals surface area (Å²) in [6.07, 6.45) is 3.61. The van der Waals surface area contributed by atoms with E-state index in [-0.39, 0.29) is 17.6 Å². The first-order valence-electron chi connectivity index (χ1n) is 11.5. The van der Waals surface area contributed by atoms with Crippen molar-refractivity contribution in [1.82, 2.24) is 15.4 Å². The van der Waals surface area contributed by atoms with Gasteiger partial charge in [-0.15, -0.1) is 0 Å². The number of amides is 1. The van der Waals surface area contributed by atoms with Crippen LogP contribution in [0, 0.1) is 0 Å². The molecule has 1 aliphatic rings. The molecule has 0 saturated carbocycles. The first-order chi connectivity index (χ1) is 16.2. The van der Waals surface area contributed by atoms with Gasteiger partial charge in [0.25, 0.3) is 5.91 Å². The Labute approximate surface area is 194 Å². The summed E-state index contributed by atoms with van der Waals surface area (Å²) in [5.74, 6) is 1.92. The molecule has 1 aliphatic heterocycles. The van der Waals surface area contributed by atoms with Crippen molar-refractivity contribution in [2.24, 2.45) is 0 Å². The highest BCUT2D eigenvalue weighted by Crippen LogP contribution is 2.27. The van der Waals surface area contributed by atoms with Crippen molar-refractivity contribution in [1.29, 1.82) is 0 Å². The van der Waals surface area contributed by atoms with Crippen LogP contribution in [0.3, 0.4) is 0 Å². The second-order valence-electron chi connectivity index (χ2n) is 8.13. The third-order valence-electron chi connectivity index (χ3n) is 5.98. The van der Waals surface area contributed by atoms with Gasteiger partial charge in [0.15, 0.2) is 11.5 Å². The van der Waals surface area contributed by atoms with E-state index in [1.54, 1.807) is 13.2 Å². The second kappa shape index (κ2) is 11.0. The number of hydrogen-bond acceptors (Lipinski definition) is 6. The lowest BCUT2D eigenvalue weighted by atomic mass is 10.0. The number of aromatic nitrogens is 1. The number of carbonyl (C=O) groups excluding carboxylic acids is 1. The van der Waals surface area contributed by atoms with Gasteiger partial charge < -0.3 is 19.3 Å². The SMILES string of the molecule is CCOc1ccc([C@H](CNC(=O)c2cc(-c3ccc(OC)cc3)on2)N2CCCCC2)cc1. The number of methoxy groups -OCH3 is 1. The molecule has 0 spiro atoms. The van der Waals surface area contributed by atoms with Crippen LogP contribution in [-0.4, -0.2) is 49.3 Å². The Hall–Kier alpha value is -3.32. The van der Waals surface area contributed by atoms with E-state index in [1.807, 2.05) is 43.3 Å². The minimum Gasteiger partial charge on any atom is -0.497 e. The number of likely N-dealkylation sites (tertiary alicyclic amines) is 1. The number of rotatable bonds is 9. The largest absolute Gasteiger partial charge is 0.497 e. The van der Waals surface area contributed by atoms with Crippen molar-refractivity contribution in [2.75, 3.05) is 33.4 Å². The quantitative estimate of drug-likeness (QED) is 0.510. The van der Waals surface area contributed by atoms with E-state index in [2.05, 4.69) is 27.5 Å².